The Balaban J connectivity index is 2.13. The molecule has 124 valence electrons. The normalized spacial score (nSPS) is 12.4. The number of hydrogen-bond donors (Lipinski definition) is 1. The van der Waals surface area contributed by atoms with Gasteiger partial charge in [-0.15, -0.1) is 0 Å². The second-order valence-electron chi connectivity index (χ2n) is 6.38. The minimum Gasteiger partial charge on any atom is -0.491 e. The standard InChI is InChI=1S/C18H24FN3O/c1-11(2)9-12(3)10-23-16-6-5-15(22-13(16)4)14-7-8-21-18(20)17(14)19/h5-8,11-12H,9-10H2,1-4H3,(H2,20,21). The highest BCUT2D eigenvalue weighted by molar-refractivity contribution is 5.64. The average molecular weight is 317 g/mol. The average Bonchev–Trinajstić information content (AvgIpc) is 2.48. The van der Waals surface area contributed by atoms with Crippen molar-refractivity contribution in [2.45, 2.75) is 34.1 Å². The van der Waals surface area contributed by atoms with Crippen molar-refractivity contribution in [3.8, 4) is 17.0 Å². The molecule has 0 fully saturated rings. The summed E-state index contributed by atoms with van der Waals surface area (Å²) >= 11 is 0. The maximum absolute atomic E-state index is 14.0. The number of nitrogens with zero attached hydrogens (tertiary/aromatic N) is 2. The van der Waals surface area contributed by atoms with Crippen molar-refractivity contribution in [1.29, 1.82) is 0 Å². The first-order valence-corrected chi connectivity index (χ1v) is 7.89. The van der Waals surface area contributed by atoms with Gasteiger partial charge < -0.3 is 10.5 Å². The van der Waals surface area contributed by atoms with Crippen LogP contribution in [0.15, 0.2) is 24.4 Å². The minimum absolute atomic E-state index is 0.121. The highest BCUT2D eigenvalue weighted by Crippen LogP contribution is 2.27. The number of ether oxygens (including phenoxy) is 1. The zero-order chi connectivity index (χ0) is 17.0. The molecule has 0 saturated heterocycles. The first-order valence-electron chi connectivity index (χ1n) is 7.89. The van der Waals surface area contributed by atoms with Crippen LogP contribution >= 0.6 is 0 Å². The van der Waals surface area contributed by atoms with Crippen LogP contribution in [0.1, 0.15) is 32.9 Å². The predicted octanol–water partition coefficient (Wildman–Crippen LogP) is 4.23. The summed E-state index contributed by atoms with van der Waals surface area (Å²) in [5.41, 5.74) is 7.11. The molecule has 0 bridgehead atoms. The van der Waals surface area contributed by atoms with Crippen LogP contribution in [0, 0.1) is 24.6 Å². The lowest BCUT2D eigenvalue weighted by Gasteiger charge is -2.16. The van der Waals surface area contributed by atoms with Gasteiger partial charge in [-0.1, -0.05) is 20.8 Å². The molecule has 0 amide bonds. The number of rotatable bonds is 6. The van der Waals surface area contributed by atoms with Crippen LogP contribution in [0.2, 0.25) is 0 Å². The Morgan fingerprint density at radius 2 is 1.96 bits per heavy atom. The van der Waals surface area contributed by atoms with Gasteiger partial charge in [0.05, 0.1) is 18.0 Å². The zero-order valence-electron chi connectivity index (χ0n) is 14.1. The van der Waals surface area contributed by atoms with Crippen molar-refractivity contribution in [2.24, 2.45) is 11.8 Å². The molecule has 2 aromatic heterocycles. The van der Waals surface area contributed by atoms with Gasteiger partial charge in [-0.3, -0.25) is 0 Å². The SMILES string of the molecule is Cc1nc(-c2ccnc(N)c2F)ccc1OCC(C)CC(C)C. The second-order valence-corrected chi connectivity index (χ2v) is 6.38. The van der Waals surface area contributed by atoms with E-state index in [1.54, 1.807) is 12.1 Å². The predicted molar refractivity (Wildman–Crippen MR) is 90.7 cm³/mol. The Kier molecular flexibility index (Phi) is 5.53. The van der Waals surface area contributed by atoms with E-state index in [0.29, 0.717) is 29.7 Å². The monoisotopic (exact) mass is 317 g/mol. The second kappa shape index (κ2) is 7.40. The fourth-order valence-corrected chi connectivity index (χ4v) is 2.61. The Labute approximate surface area is 136 Å². The maximum Gasteiger partial charge on any atom is 0.174 e. The molecule has 4 nitrogen and oxygen atoms in total. The summed E-state index contributed by atoms with van der Waals surface area (Å²) < 4.78 is 19.9. The topological polar surface area (TPSA) is 61.0 Å². The summed E-state index contributed by atoms with van der Waals surface area (Å²) in [4.78, 5) is 8.16. The van der Waals surface area contributed by atoms with Crippen LogP contribution in [-0.2, 0) is 0 Å². The molecule has 0 aliphatic rings. The molecule has 23 heavy (non-hydrogen) atoms. The molecular formula is C18H24FN3O. The summed E-state index contributed by atoms with van der Waals surface area (Å²) in [7, 11) is 0. The van der Waals surface area contributed by atoms with Gasteiger partial charge in [0.2, 0.25) is 0 Å². The van der Waals surface area contributed by atoms with Crippen LogP contribution in [-0.4, -0.2) is 16.6 Å². The van der Waals surface area contributed by atoms with E-state index >= 15 is 0 Å². The Hall–Kier alpha value is -2.17. The number of anilines is 1. The Morgan fingerprint density at radius 1 is 1.22 bits per heavy atom. The number of nitrogen functional groups attached to an aromatic ring is 1. The van der Waals surface area contributed by atoms with E-state index in [4.69, 9.17) is 10.5 Å². The number of halogens is 1. The van der Waals surface area contributed by atoms with E-state index < -0.39 is 5.82 Å². The smallest absolute Gasteiger partial charge is 0.174 e. The van der Waals surface area contributed by atoms with Crippen molar-refractivity contribution >= 4 is 5.82 Å². The number of aryl methyl sites for hydroxylation is 1. The minimum atomic E-state index is -0.543. The highest BCUT2D eigenvalue weighted by Gasteiger charge is 2.13. The Morgan fingerprint density at radius 3 is 2.61 bits per heavy atom. The van der Waals surface area contributed by atoms with Crippen LogP contribution in [0.25, 0.3) is 11.3 Å². The third-order valence-corrected chi connectivity index (χ3v) is 3.63. The third kappa shape index (κ3) is 4.41. The molecule has 0 radical (unpaired) electrons. The summed E-state index contributed by atoms with van der Waals surface area (Å²) in [6.45, 7) is 9.08. The maximum atomic E-state index is 14.0. The van der Waals surface area contributed by atoms with E-state index in [1.165, 1.54) is 6.20 Å². The number of hydrogen-bond acceptors (Lipinski definition) is 4. The fourth-order valence-electron chi connectivity index (χ4n) is 2.61. The summed E-state index contributed by atoms with van der Waals surface area (Å²) in [6, 6.07) is 5.14. The Bertz CT molecular complexity index is 673. The molecule has 5 heteroatoms. The van der Waals surface area contributed by atoms with Gasteiger partial charge in [0, 0.05) is 11.8 Å². The molecule has 2 N–H and O–H groups in total. The van der Waals surface area contributed by atoms with Crippen LogP contribution in [0.5, 0.6) is 5.75 Å². The van der Waals surface area contributed by atoms with Gasteiger partial charge >= 0.3 is 0 Å². The molecular weight excluding hydrogens is 293 g/mol. The van der Waals surface area contributed by atoms with Crippen molar-refractivity contribution < 1.29 is 9.13 Å². The first-order chi connectivity index (χ1) is 10.9. The van der Waals surface area contributed by atoms with E-state index in [2.05, 4.69) is 30.7 Å². The lowest BCUT2D eigenvalue weighted by atomic mass is 10.00. The molecule has 2 heterocycles. The van der Waals surface area contributed by atoms with Gasteiger partial charge in [0.25, 0.3) is 0 Å². The quantitative estimate of drug-likeness (QED) is 0.866. The van der Waals surface area contributed by atoms with Crippen LogP contribution < -0.4 is 10.5 Å². The summed E-state index contributed by atoms with van der Waals surface area (Å²) in [6.07, 6.45) is 2.59. The van der Waals surface area contributed by atoms with Crippen LogP contribution in [0.4, 0.5) is 10.2 Å². The van der Waals surface area contributed by atoms with Crippen molar-refractivity contribution in [1.82, 2.24) is 9.97 Å². The van der Waals surface area contributed by atoms with Gasteiger partial charge in [-0.2, -0.15) is 0 Å². The number of pyridine rings is 2. The molecule has 0 aliphatic heterocycles. The molecule has 0 aromatic carbocycles. The van der Waals surface area contributed by atoms with Crippen molar-refractivity contribution in [2.75, 3.05) is 12.3 Å². The van der Waals surface area contributed by atoms with E-state index in [9.17, 15) is 4.39 Å². The van der Waals surface area contributed by atoms with E-state index in [0.717, 1.165) is 17.9 Å². The zero-order valence-corrected chi connectivity index (χ0v) is 14.1. The fraction of sp³-hybridized carbons (Fsp3) is 0.444. The van der Waals surface area contributed by atoms with Gasteiger partial charge in [-0.05, 0) is 43.4 Å². The van der Waals surface area contributed by atoms with E-state index in [-0.39, 0.29) is 5.82 Å². The van der Waals surface area contributed by atoms with Gasteiger partial charge in [0.15, 0.2) is 11.6 Å². The highest BCUT2D eigenvalue weighted by atomic mass is 19.1. The largest absolute Gasteiger partial charge is 0.491 e. The van der Waals surface area contributed by atoms with E-state index in [1.807, 2.05) is 13.0 Å². The molecule has 2 aromatic rings. The number of aromatic nitrogens is 2. The van der Waals surface area contributed by atoms with Crippen molar-refractivity contribution in [3.63, 3.8) is 0 Å². The lowest BCUT2D eigenvalue weighted by Crippen LogP contribution is -2.11. The summed E-state index contributed by atoms with van der Waals surface area (Å²) in [5, 5.41) is 0. The molecule has 0 spiro atoms. The lowest BCUT2D eigenvalue weighted by molar-refractivity contribution is 0.237. The van der Waals surface area contributed by atoms with Gasteiger partial charge in [-0.25, -0.2) is 14.4 Å². The summed E-state index contributed by atoms with van der Waals surface area (Å²) in [5.74, 6) is 1.19. The number of nitrogens with two attached hydrogens (primary N) is 1. The van der Waals surface area contributed by atoms with Crippen LogP contribution in [0.3, 0.4) is 0 Å². The molecule has 0 aliphatic carbocycles. The molecule has 1 unspecified atom stereocenters. The third-order valence-electron chi connectivity index (χ3n) is 3.63. The van der Waals surface area contributed by atoms with Gasteiger partial charge in [0.1, 0.15) is 5.75 Å². The van der Waals surface area contributed by atoms with Crippen molar-refractivity contribution in [3.05, 3.63) is 35.9 Å². The molecule has 1 atom stereocenters. The molecule has 2 rings (SSSR count). The molecule has 0 saturated carbocycles. The first kappa shape index (κ1) is 17.2.